The first-order chi connectivity index (χ1) is 8.15. The Morgan fingerprint density at radius 1 is 1.06 bits per heavy atom. The molecule has 0 amide bonds. The van der Waals surface area contributed by atoms with Gasteiger partial charge in [-0.25, -0.2) is 0 Å². The summed E-state index contributed by atoms with van der Waals surface area (Å²) in [5, 5.41) is 3.43. The van der Waals surface area contributed by atoms with Crippen molar-refractivity contribution >= 4 is 37.5 Å². The van der Waals surface area contributed by atoms with Crippen LogP contribution in [0.2, 0.25) is 0 Å². The summed E-state index contributed by atoms with van der Waals surface area (Å²) in [4.78, 5) is 0. The van der Waals surface area contributed by atoms with Gasteiger partial charge in [0.15, 0.2) is 0 Å². The van der Waals surface area contributed by atoms with Crippen molar-refractivity contribution in [1.82, 2.24) is 0 Å². The van der Waals surface area contributed by atoms with Crippen LogP contribution in [0.4, 0.5) is 5.69 Å². The fourth-order valence-electron chi connectivity index (χ4n) is 1.62. The Labute approximate surface area is 119 Å². The van der Waals surface area contributed by atoms with Crippen molar-refractivity contribution in [3.05, 3.63) is 62.5 Å². The molecule has 2 aromatic rings. The third kappa shape index (κ3) is 3.58. The van der Waals surface area contributed by atoms with E-state index in [0.29, 0.717) is 0 Å². The number of rotatable bonds is 3. The van der Waals surface area contributed by atoms with Crippen LogP contribution in [0.15, 0.2) is 51.4 Å². The molecule has 0 heterocycles. The normalized spacial score (nSPS) is 10.3. The highest BCUT2D eigenvalue weighted by atomic mass is 79.9. The second-order valence-corrected chi connectivity index (χ2v) is 5.74. The zero-order valence-corrected chi connectivity index (χ0v) is 12.7. The smallest absolute Gasteiger partial charge is 0.0489 e. The number of halogens is 2. The monoisotopic (exact) mass is 353 g/mol. The van der Waals surface area contributed by atoms with Crippen LogP contribution in [0.5, 0.6) is 0 Å². The van der Waals surface area contributed by atoms with Gasteiger partial charge in [0.25, 0.3) is 0 Å². The maximum absolute atomic E-state index is 3.55. The Balaban J connectivity index is 2.09. The van der Waals surface area contributed by atoms with Gasteiger partial charge in [-0.15, -0.1) is 0 Å². The van der Waals surface area contributed by atoms with Gasteiger partial charge in [-0.05, 0) is 58.2 Å². The van der Waals surface area contributed by atoms with E-state index in [2.05, 4.69) is 74.4 Å². The van der Waals surface area contributed by atoms with Crippen molar-refractivity contribution in [1.29, 1.82) is 0 Å². The summed E-state index contributed by atoms with van der Waals surface area (Å²) < 4.78 is 2.21. The molecule has 0 aliphatic carbocycles. The Morgan fingerprint density at radius 3 is 2.65 bits per heavy atom. The van der Waals surface area contributed by atoms with Crippen molar-refractivity contribution in [2.45, 2.75) is 13.5 Å². The van der Waals surface area contributed by atoms with Crippen LogP contribution in [0.1, 0.15) is 11.1 Å². The quantitative estimate of drug-likeness (QED) is 0.805. The molecule has 0 unspecified atom stereocenters. The van der Waals surface area contributed by atoms with Crippen LogP contribution in [-0.2, 0) is 6.54 Å². The van der Waals surface area contributed by atoms with Gasteiger partial charge in [0.1, 0.15) is 0 Å². The Hall–Kier alpha value is -0.800. The number of benzene rings is 2. The minimum absolute atomic E-state index is 0.821. The first-order valence-corrected chi connectivity index (χ1v) is 6.98. The molecule has 0 fully saturated rings. The number of aryl methyl sites for hydroxylation is 1. The summed E-state index contributed by atoms with van der Waals surface area (Å²) in [5.41, 5.74) is 3.64. The molecule has 0 aliphatic rings. The van der Waals surface area contributed by atoms with Gasteiger partial charge in [0, 0.05) is 21.2 Å². The van der Waals surface area contributed by atoms with Crippen LogP contribution >= 0.6 is 31.9 Å². The molecule has 2 rings (SSSR count). The van der Waals surface area contributed by atoms with Gasteiger partial charge in [0.2, 0.25) is 0 Å². The molecular formula is C14H13Br2N. The summed E-state index contributed by atoms with van der Waals surface area (Å²) in [6.07, 6.45) is 0. The maximum atomic E-state index is 3.55. The predicted octanol–water partition coefficient (Wildman–Crippen LogP) is 5.13. The lowest BCUT2D eigenvalue weighted by Crippen LogP contribution is -2.00. The molecule has 1 nitrogen and oxygen atoms in total. The van der Waals surface area contributed by atoms with E-state index in [1.165, 1.54) is 11.1 Å². The topological polar surface area (TPSA) is 12.0 Å². The van der Waals surface area contributed by atoms with E-state index in [4.69, 9.17) is 0 Å². The summed E-state index contributed by atoms with van der Waals surface area (Å²) in [7, 11) is 0. The first kappa shape index (κ1) is 12.7. The molecule has 0 aromatic heterocycles. The fraction of sp³-hybridized carbons (Fsp3) is 0.143. The number of hydrogen-bond acceptors (Lipinski definition) is 1. The Bertz CT molecular complexity index is 523. The third-order valence-electron chi connectivity index (χ3n) is 2.49. The lowest BCUT2D eigenvalue weighted by atomic mass is 10.2. The molecular weight excluding hydrogens is 342 g/mol. The highest BCUT2D eigenvalue weighted by molar-refractivity contribution is 9.10. The minimum Gasteiger partial charge on any atom is -0.380 e. The molecule has 0 spiro atoms. The number of hydrogen-bond donors (Lipinski definition) is 1. The molecule has 1 N–H and O–H groups in total. The van der Waals surface area contributed by atoms with Crippen molar-refractivity contribution in [3.8, 4) is 0 Å². The van der Waals surface area contributed by atoms with Gasteiger partial charge >= 0.3 is 0 Å². The molecule has 0 saturated heterocycles. The molecule has 0 radical (unpaired) electrons. The molecule has 88 valence electrons. The zero-order valence-electron chi connectivity index (χ0n) is 9.50. The van der Waals surface area contributed by atoms with Gasteiger partial charge in [0.05, 0.1) is 0 Å². The van der Waals surface area contributed by atoms with Gasteiger partial charge < -0.3 is 5.32 Å². The summed E-state index contributed by atoms with van der Waals surface area (Å²) in [6, 6.07) is 14.6. The van der Waals surface area contributed by atoms with Crippen molar-refractivity contribution in [2.75, 3.05) is 5.32 Å². The second-order valence-electron chi connectivity index (χ2n) is 3.97. The van der Waals surface area contributed by atoms with Crippen LogP contribution in [0.3, 0.4) is 0 Å². The lowest BCUT2D eigenvalue weighted by molar-refractivity contribution is 1.14. The molecule has 0 atom stereocenters. The minimum atomic E-state index is 0.821. The Kier molecular flexibility index (Phi) is 4.24. The summed E-state index contributed by atoms with van der Waals surface area (Å²) in [6.45, 7) is 2.91. The third-order valence-corrected chi connectivity index (χ3v) is 3.68. The van der Waals surface area contributed by atoms with E-state index in [-0.39, 0.29) is 0 Å². The van der Waals surface area contributed by atoms with Crippen LogP contribution in [-0.4, -0.2) is 0 Å². The molecule has 2 aromatic carbocycles. The van der Waals surface area contributed by atoms with Gasteiger partial charge in [-0.3, -0.25) is 0 Å². The average molecular weight is 355 g/mol. The standard InChI is InChI=1S/C14H13Br2N/c1-10-5-6-13(16)14(7-10)17-9-11-3-2-4-12(15)8-11/h2-8,17H,9H2,1H3. The van der Waals surface area contributed by atoms with Crippen LogP contribution in [0.25, 0.3) is 0 Å². The summed E-state index contributed by atoms with van der Waals surface area (Å²) in [5.74, 6) is 0. The molecule has 17 heavy (non-hydrogen) atoms. The number of nitrogens with one attached hydrogen (secondary N) is 1. The zero-order chi connectivity index (χ0) is 12.3. The van der Waals surface area contributed by atoms with E-state index < -0.39 is 0 Å². The average Bonchev–Trinajstić information content (AvgIpc) is 2.30. The fourth-order valence-corrected chi connectivity index (χ4v) is 2.45. The van der Waals surface area contributed by atoms with Crippen molar-refractivity contribution in [2.24, 2.45) is 0 Å². The maximum Gasteiger partial charge on any atom is 0.0489 e. The van der Waals surface area contributed by atoms with Gasteiger partial charge in [-0.2, -0.15) is 0 Å². The lowest BCUT2D eigenvalue weighted by Gasteiger charge is -2.09. The Morgan fingerprint density at radius 2 is 1.88 bits per heavy atom. The molecule has 3 heteroatoms. The summed E-state index contributed by atoms with van der Waals surface area (Å²) >= 11 is 7.02. The second kappa shape index (κ2) is 5.69. The number of anilines is 1. The predicted molar refractivity (Wildman–Crippen MR) is 80.3 cm³/mol. The molecule has 0 saturated carbocycles. The van der Waals surface area contributed by atoms with Crippen LogP contribution < -0.4 is 5.32 Å². The highest BCUT2D eigenvalue weighted by Crippen LogP contribution is 2.24. The SMILES string of the molecule is Cc1ccc(Br)c(NCc2cccc(Br)c2)c1. The van der Waals surface area contributed by atoms with E-state index in [9.17, 15) is 0 Å². The molecule has 0 bridgehead atoms. The van der Waals surface area contributed by atoms with E-state index in [1.54, 1.807) is 0 Å². The largest absolute Gasteiger partial charge is 0.380 e. The highest BCUT2D eigenvalue weighted by Gasteiger charge is 2.00. The van der Waals surface area contributed by atoms with E-state index in [0.717, 1.165) is 21.2 Å². The van der Waals surface area contributed by atoms with E-state index in [1.807, 2.05) is 12.1 Å². The van der Waals surface area contributed by atoms with Gasteiger partial charge in [-0.1, -0.05) is 34.1 Å². The van der Waals surface area contributed by atoms with Crippen molar-refractivity contribution in [3.63, 3.8) is 0 Å². The van der Waals surface area contributed by atoms with E-state index >= 15 is 0 Å². The van der Waals surface area contributed by atoms with Crippen molar-refractivity contribution < 1.29 is 0 Å². The first-order valence-electron chi connectivity index (χ1n) is 5.39. The van der Waals surface area contributed by atoms with Crippen LogP contribution in [0, 0.1) is 6.92 Å². The molecule has 0 aliphatic heterocycles.